The molecule has 0 aromatic heterocycles. The van der Waals surface area contributed by atoms with Gasteiger partial charge in [-0.1, -0.05) is 13.3 Å². The quantitative estimate of drug-likeness (QED) is 0.723. The Morgan fingerprint density at radius 2 is 2.11 bits per heavy atom. The minimum Gasteiger partial charge on any atom is -0.481 e. The van der Waals surface area contributed by atoms with Crippen molar-refractivity contribution in [3.63, 3.8) is 0 Å². The Kier molecular flexibility index (Phi) is 6.27. The van der Waals surface area contributed by atoms with Gasteiger partial charge in [-0.25, -0.2) is 0 Å². The van der Waals surface area contributed by atoms with Crippen LogP contribution in [0.3, 0.4) is 0 Å². The fourth-order valence-corrected chi connectivity index (χ4v) is 2.55. The summed E-state index contributed by atoms with van der Waals surface area (Å²) in [6.45, 7) is 10.8. The van der Waals surface area contributed by atoms with Gasteiger partial charge in [-0.3, -0.25) is 9.69 Å². The van der Waals surface area contributed by atoms with Crippen LogP contribution >= 0.6 is 0 Å². The second kappa shape index (κ2) is 7.25. The van der Waals surface area contributed by atoms with Crippen molar-refractivity contribution >= 4 is 5.97 Å². The van der Waals surface area contributed by atoms with Gasteiger partial charge in [0.25, 0.3) is 0 Å². The van der Waals surface area contributed by atoms with Crippen molar-refractivity contribution in [2.24, 2.45) is 5.41 Å². The van der Waals surface area contributed by atoms with Crippen LogP contribution in [0.25, 0.3) is 0 Å². The van der Waals surface area contributed by atoms with E-state index in [1.54, 1.807) is 13.8 Å². The Hall–Kier alpha value is -0.610. The molecule has 4 heteroatoms. The first-order chi connectivity index (χ1) is 8.86. The predicted molar refractivity (Wildman–Crippen MR) is 76.3 cm³/mol. The highest BCUT2D eigenvalue weighted by Gasteiger charge is 2.27. The number of ether oxygens (including phenoxy) is 1. The molecule has 2 unspecified atom stereocenters. The molecule has 1 aliphatic heterocycles. The fourth-order valence-electron chi connectivity index (χ4n) is 2.55. The number of unbranched alkanes of at least 4 members (excludes halogenated alkanes) is 1. The molecule has 2 atom stereocenters. The molecule has 0 spiro atoms. The van der Waals surface area contributed by atoms with Crippen molar-refractivity contribution in [3.05, 3.63) is 0 Å². The van der Waals surface area contributed by atoms with Gasteiger partial charge in [0.2, 0.25) is 0 Å². The largest absolute Gasteiger partial charge is 0.481 e. The zero-order valence-corrected chi connectivity index (χ0v) is 12.8. The molecule has 0 radical (unpaired) electrons. The van der Waals surface area contributed by atoms with E-state index < -0.39 is 11.4 Å². The molecule has 0 saturated carbocycles. The van der Waals surface area contributed by atoms with Gasteiger partial charge in [-0.2, -0.15) is 0 Å². The fraction of sp³-hybridized carbons (Fsp3) is 0.933. The molecular formula is C15H29NO3. The molecule has 1 N–H and O–H groups in total. The molecular weight excluding hydrogens is 242 g/mol. The normalized spacial score (nSPS) is 25.5. The number of nitrogens with zero attached hydrogens (tertiary/aromatic N) is 1. The topological polar surface area (TPSA) is 49.8 Å². The number of hydrogen-bond acceptors (Lipinski definition) is 3. The van der Waals surface area contributed by atoms with Crippen molar-refractivity contribution in [2.45, 2.75) is 65.5 Å². The van der Waals surface area contributed by atoms with Crippen LogP contribution in [0.4, 0.5) is 0 Å². The maximum atomic E-state index is 11.0. The monoisotopic (exact) mass is 271 g/mol. The number of hydrogen-bond donors (Lipinski definition) is 1. The summed E-state index contributed by atoms with van der Waals surface area (Å²) in [7, 11) is 0. The molecule has 1 rings (SSSR count). The van der Waals surface area contributed by atoms with Crippen LogP contribution < -0.4 is 0 Å². The maximum Gasteiger partial charge on any atom is 0.309 e. The molecule has 0 aromatic carbocycles. The van der Waals surface area contributed by atoms with Gasteiger partial charge >= 0.3 is 5.97 Å². The lowest BCUT2D eigenvalue weighted by molar-refractivity contribution is -0.147. The van der Waals surface area contributed by atoms with E-state index in [1.165, 1.54) is 0 Å². The Morgan fingerprint density at radius 1 is 1.42 bits per heavy atom. The van der Waals surface area contributed by atoms with Crippen LogP contribution in [-0.2, 0) is 9.53 Å². The first-order valence-corrected chi connectivity index (χ1v) is 7.46. The van der Waals surface area contributed by atoms with E-state index in [-0.39, 0.29) is 0 Å². The molecule has 0 aromatic rings. The molecule has 112 valence electrons. The van der Waals surface area contributed by atoms with Gasteiger partial charge in [0.1, 0.15) is 0 Å². The Labute approximate surface area is 117 Å². The van der Waals surface area contributed by atoms with Crippen LogP contribution in [-0.4, -0.2) is 47.8 Å². The molecule has 0 aliphatic carbocycles. The summed E-state index contributed by atoms with van der Waals surface area (Å²) in [6.07, 6.45) is 4.23. The summed E-state index contributed by atoms with van der Waals surface area (Å²) in [5.74, 6) is -0.695. The minimum atomic E-state index is -0.695. The second-order valence-corrected chi connectivity index (χ2v) is 6.35. The van der Waals surface area contributed by atoms with Gasteiger partial charge < -0.3 is 9.84 Å². The van der Waals surface area contributed by atoms with Crippen molar-refractivity contribution in [1.29, 1.82) is 0 Å². The third kappa shape index (κ3) is 5.11. The Morgan fingerprint density at radius 3 is 2.68 bits per heavy atom. The summed E-state index contributed by atoms with van der Waals surface area (Å²) in [4.78, 5) is 13.5. The van der Waals surface area contributed by atoms with Crippen LogP contribution in [0.2, 0.25) is 0 Å². The van der Waals surface area contributed by atoms with Crippen molar-refractivity contribution in [3.8, 4) is 0 Å². The molecule has 4 nitrogen and oxygen atoms in total. The lowest BCUT2D eigenvalue weighted by Gasteiger charge is -2.38. The predicted octanol–water partition coefficient (Wildman–Crippen LogP) is 2.77. The van der Waals surface area contributed by atoms with Crippen LogP contribution in [0, 0.1) is 5.41 Å². The standard InChI is InChI=1S/C15H29NO3/c1-5-13-11-19-12(2)10-16(13)9-7-6-8-15(3,4)14(17)18/h12-13H,5-11H2,1-4H3,(H,17,18). The summed E-state index contributed by atoms with van der Waals surface area (Å²) in [5, 5.41) is 9.08. The first-order valence-electron chi connectivity index (χ1n) is 7.46. The van der Waals surface area contributed by atoms with Crippen LogP contribution in [0.5, 0.6) is 0 Å². The van der Waals surface area contributed by atoms with E-state index in [1.807, 2.05) is 0 Å². The molecule has 0 bridgehead atoms. The third-order valence-corrected chi connectivity index (χ3v) is 4.13. The van der Waals surface area contributed by atoms with E-state index >= 15 is 0 Å². The number of rotatable bonds is 7. The number of aliphatic carboxylic acids is 1. The lowest BCUT2D eigenvalue weighted by Crippen LogP contribution is -2.48. The highest BCUT2D eigenvalue weighted by molar-refractivity contribution is 5.73. The van der Waals surface area contributed by atoms with E-state index in [0.29, 0.717) is 12.1 Å². The molecule has 1 fully saturated rings. The summed E-state index contributed by atoms with van der Waals surface area (Å²) in [6, 6.07) is 0.531. The highest BCUT2D eigenvalue weighted by Crippen LogP contribution is 2.24. The number of carboxylic acids is 1. The SMILES string of the molecule is CCC1COC(C)CN1CCCCC(C)(C)C(=O)O. The van der Waals surface area contributed by atoms with Crippen LogP contribution in [0.1, 0.15) is 53.4 Å². The molecule has 0 amide bonds. The van der Waals surface area contributed by atoms with Gasteiger partial charge in [0.05, 0.1) is 18.1 Å². The average molecular weight is 271 g/mol. The summed E-state index contributed by atoms with van der Waals surface area (Å²) >= 11 is 0. The summed E-state index contributed by atoms with van der Waals surface area (Å²) in [5.41, 5.74) is -0.595. The average Bonchev–Trinajstić information content (AvgIpc) is 2.34. The van der Waals surface area contributed by atoms with Crippen molar-refractivity contribution in [2.75, 3.05) is 19.7 Å². The lowest BCUT2D eigenvalue weighted by atomic mass is 9.87. The highest BCUT2D eigenvalue weighted by atomic mass is 16.5. The van der Waals surface area contributed by atoms with E-state index in [4.69, 9.17) is 9.84 Å². The van der Waals surface area contributed by atoms with Crippen LogP contribution in [0.15, 0.2) is 0 Å². The second-order valence-electron chi connectivity index (χ2n) is 6.35. The van der Waals surface area contributed by atoms with E-state index in [9.17, 15) is 4.79 Å². The third-order valence-electron chi connectivity index (χ3n) is 4.13. The molecule has 1 aliphatic rings. The minimum absolute atomic E-state index is 0.318. The van der Waals surface area contributed by atoms with Crippen molar-refractivity contribution < 1.29 is 14.6 Å². The van der Waals surface area contributed by atoms with Crippen molar-refractivity contribution in [1.82, 2.24) is 4.90 Å². The first kappa shape index (κ1) is 16.4. The van der Waals surface area contributed by atoms with Gasteiger partial charge in [-0.05, 0) is 46.6 Å². The zero-order chi connectivity index (χ0) is 14.5. The zero-order valence-electron chi connectivity index (χ0n) is 12.8. The summed E-state index contributed by atoms with van der Waals surface area (Å²) < 4.78 is 5.68. The van der Waals surface area contributed by atoms with Gasteiger partial charge in [-0.15, -0.1) is 0 Å². The Balaban J connectivity index is 2.29. The number of carbonyl (C=O) groups is 1. The van der Waals surface area contributed by atoms with E-state index in [2.05, 4.69) is 18.7 Å². The molecule has 1 heterocycles. The molecule has 1 saturated heterocycles. The molecule has 19 heavy (non-hydrogen) atoms. The van der Waals surface area contributed by atoms with E-state index in [0.717, 1.165) is 45.4 Å². The van der Waals surface area contributed by atoms with Gasteiger partial charge in [0, 0.05) is 12.6 Å². The number of carboxylic acid groups (broad SMARTS) is 1. The Bertz CT molecular complexity index is 291. The number of morpholine rings is 1. The maximum absolute atomic E-state index is 11.0. The van der Waals surface area contributed by atoms with Gasteiger partial charge in [0.15, 0.2) is 0 Å². The smallest absolute Gasteiger partial charge is 0.309 e.